The molecule has 0 bridgehead atoms. The molecule has 29 heavy (non-hydrogen) atoms. The Hall–Kier alpha value is -3.25. The van der Waals surface area contributed by atoms with Crippen molar-refractivity contribution in [2.24, 2.45) is 5.92 Å². The van der Waals surface area contributed by atoms with Gasteiger partial charge in [-0.2, -0.15) is 0 Å². The number of fused-ring (bicyclic) bond motifs is 5. The fourth-order valence-electron chi connectivity index (χ4n) is 4.48. The topological polar surface area (TPSA) is 63.9 Å². The minimum Gasteiger partial charge on any atom is -0.495 e. The van der Waals surface area contributed by atoms with E-state index in [9.17, 15) is 9.59 Å². The van der Waals surface area contributed by atoms with Crippen molar-refractivity contribution in [2.75, 3.05) is 27.7 Å². The molecule has 0 fully saturated rings. The summed E-state index contributed by atoms with van der Waals surface area (Å²) in [5.41, 5.74) is 2.53. The molecule has 0 aliphatic heterocycles. The monoisotopic (exact) mass is 387 g/mol. The van der Waals surface area contributed by atoms with Crippen LogP contribution in [-0.2, 0) is 0 Å². The lowest BCUT2D eigenvalue weighted by Gasteiger charge is -2.22. The molecule has 2 heterocycles. The predicted molar refractivity (Wildman–Crippen MR) is 112 cm³/mol. The molecule has 6 heteroatoms. The summed E-state index contributed by atoms with van der Waals surface area (Å²) in [5, 5.41) is 2.80. The van der Waals surface area contributed by atoms with Crippen molar-refractivity contribution in [1.29, 1.82) is 0 Å². The number of hydrogen-bond donors (Lipinski definition) is 0. The number of rotatable bonds is 4. The Balaban J connectivity index is 1.93. The van der Waals surface area contributed by atoms with Gasteiger partial charge in [0.05, 0.1) is 41.5 Å². The maximum Gasteiger partial charge on any atom is 0.177 e. The summed E-state index contributed by atoms with van der Waals surface area (Å²) in [7, 11) is 5.50. The van der Waals surface area contributed by atoms with Crippen molar-refractivity contribution in [3.63, 3.8) is 0 Å². The highest BCUT2D eigenvalue weighted by molar-refractivity contribution is 6.33. The van der Waals surface area contributed by atoms with Crippen molar-refractivity contribution in [3.8, 4) is 5.75 Å². The van der Waals surface area contributed by atoms with Gasteiger partial charge < -0.3 is 9.64 Å². The molecule has 1 atom stereocenters. The first kappa shape index (κ1) is 17.8. The van der Waals surface area contributed by atoms with Crippen LogP contribution in [0, 0.1) is 5.92 Å². The fourth-order valence-corrected chi connectivity index (χ4v) is 4.48. The first-order valence-corrected chi connectivity index (χ1v) is 9.63. The van der Waals surface area contributed by atoms with Crippen LogP contribution in [0.25, 0.3) is 27.2 Å². The Morgan fingerprint density at radius 2 is 1.93 bits per heavy atom. The zero-order valence-corrected chi connectivity index (χ0v) is 16.6. The van der Waals surface area contributed by atoms with Gasteiger partial charge in [0, 0.05) is 11.6 Å². The van der Waals surface area contributed by atoms with Gasteiger partial charge in [-0.1, -0.05) is 24.3 Å². The van der Waals surface area contributed by atoms with E-state index in [4.69, 9.17) is 4.74 Å². The molecule has 1 aliphatic carbocycles. The smallest absolute Gasteiger partial charge is 0.177 e. The molecule has 146 valence electrons. The SMILES string of the molecule is COc1cc2ccccc2c2c3c4c(cncn4c12)C(=O)C(CCN(C)C)C3=O. The van der Waals surface area contributed by atoms with Gasteiger partial charge in [-0.3, -0.25) is 14.0 Å². The lowest BCUT2D eigenvalue weighted by molar-refractivity contribution is 0.0788. The van der Waals surface area contributed by atoms with Gasteiger partial charge in [0.1, 0.15) is 5.75 Å². The quantitative estimate of drug-likeness (QED) is 0.501. The predicted octanol–water partition coefficient (Wildman–Crippen LogP) is 3.60. The van der Waals surface area contributed by atoms with Crippen LogP contribution in [-0.4, -0.2) is 53.6 Å². The van der Waals surface area contributed by atoms with E-state index in [-0.39, 0.29) is 11.6 Å². The summed E-state index contributed by atoms with van der Waals surface area (Å²) >= 11 is 0. The van der Waals surface area contributed by atoms with Gasteiger partial charge in [-0.15, -0.1) is 0 Å². The van der Waals surface area contributed by atoms with Crippen LogP contribution in [0.15, 0.2) is 42.9 Å². The van der Waals surface area contributed by atoms with Crippen LogP contribution in [0.1, 0.15) is 27.1 Å². The summed E-state index contributed by atoms with van der Waals surface area (Å²) in [6.45, 7) is 0.663. The zero-order valence-electron chi connectivity index (χ0n) is 16.6. The zero-order chi connectivity index (χ0) is 20.3. The number of Topliss-reactive ketones (excluding diaryl/α,β-unsaturated/α-hetero) is 2. The molecule has 0 saturated carbocycles. The number of hydrogen-bond acceptors (Lipinski definition) is 5. The summed E-state index contributed by atoms with van der Waals surface area (Å²) in [6, 6.07) is 9.91. The number of ether oxygens (including phenoxy) is 1. The number of methoxy groups -OCH3 is 1. The second kappa shape index (κ2) is 6.39. The van der Waals surface area contributed by atoms with Gasteiger partial charge in [0.15, 0.2) is 11.6 Å². The molecule has 5 rings (SSSR count). The summed E-state index contributed by atoms with van der Waals surface area (Å²) in [4.78, 5) is 33.1. The van der Waals surface area contributed by atoms with E-state index >= 15 is 0 Å². The summed E-state index contributed by atoms with van der Waals surface area (Å²) in [6.07, 6.45) is 3.73. The summed E-state index contributed by atoms with van der Waals surface area (Å²) in [5.74, 6) is -0.283. The molecule has 1 aliphatic rings. The Morgan fingerprint density at radius 3 is 2.69 bits per heavy atom. The van der Waals surface area contributed by atoms with E-state index in [0.29, 0.717) is 35.4 Å². The molecular formula is C23H21N3O3. The van der Waals surface area contributed by atoms with E-state index in [1.54, 1.807) is 19.6 Å². The molecule has 0 radical (unpaired) electrons. The van der Waals surface area contributed by atoms with Crippen LogP contribution >= 0.6 is 0 Å². The number of ketones is 2. The second-order valence-corrected chi connectivity index (χ2v) is 7.80. The highest BCUT2D eigenvalue weighted by Crippen LogP contribution is 2.43. The van der Waals surface area contributed by atoms with Gasteiger partial charge >= 0.3 is 0 Å². The van der Waals surface area contributed by atoms with Crippen molar-refractivity contribution < 1.29 is 14.3 Å². The second-order valence-electron chi connectivity index (χ2n) is 7.80. The van der Waals surface area contributed by atoms with E-state index in [0.717, 1.165) is 21.7 Å². The maximum absolute atomic E-state index is 13.6. The molecule has 1 unspecified atom stereocenters. The molecule has 0 saturated heterocycles. The fraction of sp³-hybridized carbons (Fsp3) is 0.261. The molecule has 2 aromatic carbocycles. The maximum atomic E-state index is 13.6. The minimum absolute atomic E-state index is 0.110. The first-order chi connectivity index (χ1) is 14.0. The van der Waals surface area contributed by atoms with Crippen LogP contribution in [0.4, 0.5) is 0 Å². The average Bonchev–Trinajstić information content (AvgIpc) is 3.08. The number of carbonyl (C=O) groups excluding carboxylic acids is 2. The highest BCUT2D eigenvalue weighted by atomic mass is 16.5. The Labute approximate surface area is 167 Å². The van der Waals surface area contributed by atoms with Crippen molar-refractivity contribution in [2.45, 2.75) is 6.42 Å². The molecule has 4 aromatic rings. The normalized spacial score (nSPS) is 16.5. The lowest BCUT2D eigenvalue weighted by Crippen LogP contribution is -2.32. The Morgan fingerprint density at radius 1 is 1.14 bits per heavy atom. The van der Waals surface area contributed by atoms with Gasteiger partial charge in [0.25, 0.3) is 0 Å². The minimum atomic E-state index is -0.687. The van der Waals surface area contributed by atoms with Crippen LogP contribution < -0.4 is 4.74 Å². The van der Waals surface area contributed by atoms with Gasteiger partial charge in [-0.25, -0.2) is 4.98 Å². The van der Waals surface area contributed by atoms with E-state index in [2.05, 4.69) is 4.98 Å². The third-order valence-electron chi connectivity index (χ3n) is 5.83. The standard InChI is InChI=1S/C23H21N3O3/c1-25(2)9-8-15-22(27)16-11-24-12-26-20(16)19(23(15)28)18-14-7-5-4-6-13(14)10-17(29-3)21(18)26/h4-7,10-12,15H,8-9H2,1-3H3. The molecule has 0 amide bonds. The van der Waals surface area contributed by atoms with Crippen molar-refractivity contribution in [1.82, 2.24) is 14.3 Å². The Kier molecular flexibility index (Phi) is 3.93. The number of carbonyl (C=O) groups is 2. The third-order valence-corrected chi connectivity index (χ3v) is 5.83. The van der Waals surface area contributed by atoms with Gasteiger partial charge in [0.2, 0.25) is 0 Å². The molecule has 6 nitrogen and oxygen atoms in total. The van der Waals surface area contributed by atoms with E-state index < -0.39 is 5.92 Å². The number of nitrogens with zero attached hydrogens (tertiary/aromatic N) is 3. The van der Waals surface area contributed by atoms with E-state index in [1.807, 2.05) is 53.7 Å². The van der Waals surface area contributed by atoms with E-state index in [1.165, 1.54) is 0 Å². The number of benzene rings is 2. The third kappa shape index (κ3) is 2.42. The Bertz CT molecular complexity index is 1320. The average molecular weight is 387 g/mol. The highest BCUT2D eigenvalue weighted by Gasteiger charge is 2.39. The van der Waals surface area contributed by atoms with Gasteiger partial charge in [-0.05, 0) is 43.9 Å². The van der Waals surface area contributed by atoms with Crippen molar-refractivity contribution >= 4 is 38.8 Å². The van der Waals surface area contributed by atoms with Crippen LogP contribution in [0.2, 0.25) is 0 Å². The molecule has 2 aromatic heterocycles. The molecular weight excluding hydrogens is 366 g/mol. The molecule has 0 N–H and O–H groups in total. The lowest BCUT2D eigenvalue weighted by atomic mass is 9.81. The first-order valence-electron chi connectivity index (χ1n) is 9.63. The van der Waals surface area contributed by atoms with Crippen LogP contribution in [0.3, 0.4) is 0 Å². The summed E-state index contributed by atoms with van der Waals surface area (Å²) < 4.78 is 7.51. The van der Waals surface area contributed by atoms with Crippen LogP contribution in [0.5, 0.6) is 5.75 Å². The largest absolute Gasteiger partial charge is 0.495 e. The number of aromatic nitrogens is 2. The van der Waals surface area contributed by atoms with Crippen molar-refractivity contribution in [3.05, 3.63) is 54.0 Å². The molecule has 0 spiro atoms.